The Labute approximate surface area is 194 Å². The number of nitrogens with zero attached hydrogens (tertiary/aromatic N) is 1. The molecule has 0 saturated heterocycles. The highest BCUT2D eigenvalue weighted by Gasteiger charge is 2.32. The predicted octanol–water partition coefficient (Wildman–Crippen LogP) is 4.20. The Bertz CT molecular complexity index is 1040. The van der Waals surface area contributed by atoms with Crippen LogP contribution in [0.1, 0.15) is 38.2 Å². The molecule has 1 aromatic carbocycles. The zero-order valence-corrected chi connectivity index (χ0v) is 19.6. The molecule has 0 spiro atoms. The first-order valence-corrected chi connectivity index (χ1v) is 11.0. The van der Waals surface area contributed by atoms with E-state index >= 15 is 0 Å². The molecule has 0 bridgehead atoms. The lowest BCUT2D eigenvalue weighted by atomic mass is 9.79. The van der Waals surface area contributed by atoms with Crippen LogP contribution >= 0.6 is 0 Å². The van der Waals surface area contributed by atoms with Crippen molar-refractivity contribution in [1.29, 1.82) is 0 Å². The summed E-state index contributed by atoms with van der Waals surface area (Å²) in [5, 5.41) is 13.0. The Hall–Kier alpha value is -3.10. The maximum atomic E-state index is 12.8. The second kappa shape index (κ2) is 10.7. The van der Waals surface area contributed by atoms with Gasteiger partial charge in [-0.05, 0) is 62.5 Å². The van der Waals surface area contributed by atoms with E-state index in [2.05, 4.69) is 28.4 Å². The molecule has 1 aliphatic rings. The summed E-state index contributed by atoms with van der Waals surface area (Å²) in [6.45, 7) is 10.6. The van der Waals surface area contributed by atoms with Crippen molar-refractivity contribution in [2.24, 2.45) is 5.92 Å². The number of hydrogen-bond acceptors (Lipinski definition) is 6. The smallest absolute Gasteiger partial charge is 0.229 e. The number of carbonyl (C=O) groups is 1. The summed E-state index contributed by atoms with van der Waals surface area (Å²) in [5.41, 5.74) is 2.04. The van der Waals surface area contributed by atoms with Gasteiger partial charge in [0.05, 0.1) is 19.3 Å². The van der Waals surface area contributed by atoms with Gasteiger partial charge in [-0.25, -0.2) is 4.98 Å². The van der Waals surface area contributed by atoms with E-state index < -0.39 is 5.60 Å². The molecule has 1 aliphatic carbocycles. The molecule has 8 heteroatoms. The second-order valence-corrected chi connectivity index (χ2v) is 8.50. The van der Waals surface area contributed by atoms with E-state index in [0.29, 0.717) is 73.0 Å². The number of aliphatic hydroxyl groups is 1. The number of ether oxygens (including phenoxy) is 3. The zero-order chi connectivity index (χ0) is 24.0. The number of allylic oxidation sites excluding steroid dienone is 3. The first-order valence-electron chi connectivity index (χ1n) is 11.0. The molecule has 1 fully saturated rings. The van der Waals surface area contributed by atoms with Gasteiger partial charge in [-0.3, -0.25) is 10.1 Å². The molecule has 178 valence electrons. The number of imidazole rings is 1. The summed E-state index contributed by atoms with van der Waals surface area (Å²) in [6, 6.07) is 3.69. The highest BCUT2D eigenvalue weighted by molar-refractivity contribution is 5.98. The van der Waals surface area contributed by atoms with Crippen LogP contribution in [-0.4, -0.2) is 54.0 Å². The normalized spacial score (nSPS) is 21.0. The third-order valence-electron chi connectivity index (χ3n) is 5.92. The fourth-order valence-corrected chi connectivity index (χ4v) is 3.93. The molecular formula is C25H33N3O5. The van der Waals surface area contributed by atoms with Crippen molar-refractivity contribution in [2.75, 3.05) is 32.8 Å². The lowest BCUT2D eigenvalue weighted by Gasteiger charge is -2.32. The molecule has 8 nitrogen and oxygen atoms in total. The molecule has 33 heavy (non-hydrogen) atoms. The topological polar surface area (TPSA) is 106 Å². The first kappa shape index (κ1) is 24.5. The van der Waals surface area contributed by atoms with E-state index in [9.17, 15) is 9.90 Å². The van der Waals surface area contributed by atoms with Gasteiger partial charge in [-0.15, -0.1) is 0 Å². The summed E-state index contributed by atoms with van der Waals surface area (Å²) >= 11 is 0. The number of fused-ring (bicyclic) bond motifs is 1. The van der Waals surface area contributed by atoms with Crippen LogP contribution in [0.5, 0.6) is 5.75 Å². The molecule has 1 saturated carbocycles. The van der Waals surface area contributed by atoms with Crippen molar-refractivity contribution < 1.29 is 24.1 Å². The lowest BCUT2D eigenvalue weighted by molar-refractivity contribution is -0.122. The van der Waals surface area contributed by atoms with E-state index in [0.717, 1.165) is 5.56 Å². The number of anilines is 1. The van der Waals surface area contributed by atoms with Crippen molar-refractivity contribution in [3.05, 3.63) is 48.8 Å². The number of amides is 1. The number of benzene rings is 1. The highest BCUT2D eigenvalue weighted by atomic mass is 16.5. The number of rotatable bonds is 10. The van der Waals surface area contributed by atoms with Crippen LogP contribution in [0, 0.1) is 5.92 Å². The molecule has 1 aromatic heterocycles. The van der Waals surface area contributed by atoms with Gasteiger partial charge < -0.3 is 24.3 Å². The maximum absolute atomic E-state index is 12.8. The maximum Gasteiger partial charge on any atom is 0.229 e. The SMILES string of the molecule is C=C/C(=C\C(=C)c1ccc(OC)c2[nH]c(NC(=O)C3CCC(C)(O)CC3)nc12)OCCOC. The Morgan fingerprint density at radius 2 is 2.06 bits per heavy atom. The van der Waals surface area contributed by atoms with Gasteiger partial charge in [0.1, 0.15) is 29.1 Å². The fraction of sp³-hybridized carbons (Fsp3) is 0.440. The molecule has 0 unspecified atom stereocenters. The van der Waals surface area contributed by atoms with Crippen molar-refractivity contribution in [3.8, 4) is 5.75 Å². The molecule has 0 aliphatic heterocycles. The van der Waals surface area contributed by atoms with Crippen molar-refractivity contribution in [1.82, 2.24) is 9.97 Å². The number of carbonyl (C=O) groups excluding carboxylic acids is 1. The average Bonchev–Trinajstić information content (AvgIpc) is 3.21. The minimum absolute atomic E-state index is 0.107. The van der Waals surface area contributed by atoms with Gasteiger partial charge >= 0.3 is 0 Å². The summed E-state index contributed by atoms with van der Waals surface area (Å²) < 4.78 is 16.1. The standard InChI is InChI=1S/C25H33N3O5/c1-6-18(33-14-13-31-4)15-16(2)19-7-8-20(32-5)22-21(19)26-24(27-22)28-23(29)17-9-11-25(3,30)12-10-17/h6-8,15,17,30H,1-2,9-14H2,3-5H3,(H2,26,27,28,29)/b18-15+. The lowest BCUT2D eigenvalue weighted by Crippen LogP contribution is -2.35. The quantitative estimate of drug-likeness (QED) is 0.282. The number of aromatic nitrogens is 2. The predicted molar refractivity (Wildman–Crippen MR) is 129 cm³/mol. The number of nitrogens with one attached hydrogen (secondary N) is 2. The second-order valence-electron chi connectivity index (χ2n) is 8.50. The van der Waals surface area contributed by atoms with Gasteiger partial charge in [0.15, 0.2) is 0 Å². The minimum Gasteiger partial charge on any atom is -0.494 e. The molecule has 1 amide bonds. The van der Waals surface area contributed by atoms with Crippen LogP contribution in [0.2, 0.25) is 0 Å². The van der Waals surface area contributed by atoms with Crippen LogP contribution in [-0.2, 0) is 14.3 Å². The molecule has 2 aromatic rings. The minimum atomic E-state index is -0.691. The summed E-state index contributed by atoms with van der Waals surface area (Å²) in [6.07, 6.45) is 5.89. The molecule has 0 radical (unpaired) electrons. The van der Waals surface area contributed by atoms with E-state index in [4.69, 9.17) is 14.2 Å². The van der Waals surface area contributed by atoms with Gasteiger partial charge in [-0.1, -0.05) is 13.2 Å². The first-order chi connectivity index (χ1) is 15.8. The Morgan fingerprint density at radius 1 is 1.33 bits per heavy atom. The van der Waals surface area contributed by atoms with Crippen LogP contribution in [0.4, 0.5) is 5.95 Å². The number of aromatic amines is 1. The monoisotopic (exact) mass is 455 g/mol. The Balaban J connectivity index is 1.84. The fourth-order valence-electron chi connectivity index (χ4n) is 3.93. The Morgan fingerprint density at radius 3 is 2.70 bits per heavy atom. The van der Waals surface area contributed by atoms with Gasteiger partial charge in [0.2, 0.25) is 11.9 Å². The van der Waals surface area contributed by atoms with Gasteiger partial charge in [0.25, 0.3) is 0 Å². The van der Waals surface area contributed by atoms with Crippen LogP contribution < -0.4 is 10.1 Å². The van der Waals surface area contributed by atoms with E-state index in [1.165, 1.54) is 0 Å². The van der Waals surface area contributed by atoms with E-state index in [1.807, 2.05) is 19.1 Å². The third kappa shape index (κ3) is 6.03. The summed E-state index contributed by atoms with van der Waals surface area (Å²) in [7, 11) is 3.19. The molecule has 1 heterocycles. The summed E-state index contributed by atoms with van der Waals surface area (Å²) in [4.78, 5) is 20.6. The number of hydrogen-bond donors (Lipinski definition) is 3. The highest BCUT2D eigenvalue weighted by Crippen LogP contribution is 2.34. The molecule has 0 atom stereocenters. The van der Waals surface area contributed by atoms with Crippen LogP contribution in [0.25, 0.3) is 16.6 Å². The molecule has 3 N–H and O–H groups in total. The Kier molecular flexibility index (Phi) is 7.94. The van der Waals surface area contributed by atoms with Crippen LogP contribution in [0.3, 0.4) is 0 Å². The van der Waals surface area contributed by atoms with E-state index in [1.54, 1.807) is 26.4 Å². The van der Waals surface area contributed by atoms with Gasteiger partial charge in [0, 0.05) is 18.6 Å². The van der Waals surface area contributed by atoms with Crippen molar-refractivity contribution >= 4 is 28.5 Å². The third-order valence-corrected chi connectivity index (χ3v) is 5.92. The van der Waals surface area contributed by atoms with Gasteiger partial charge in [-0.2, -0.15) is 0 Å². The van der Waals surface area contributed by atoms with Crippen molar-refractivity contribution in [2.45, 2.75) is 38.2 Å². The molecule has 3 rings (SSSR count). The number of methoxy groups -OCH3 is 2. The van der Waals surface area contributed by atoms with Crippen LogP contribution in [0.15, 0.2) is 43.2 Å². The largest absolute Gasteiger partial charge is 0.494 e. The number of H-pyrrole nitrogens is 1. The molecular weight excluding hydrogens is 422 g/mol. The zero-order valence-electron chi connectivity index (χ0n) is 19.6. The van der Waals surface area contributed by atoms with E-state index in [-0.39, 0.29) is 11.8 Å². The summed E-state index contributed by atoms with van der Waals surface area (Å²) in [5.74, 6) is 1.25. The average molecular weight is 456 g/mol. The van der Waals surface area contributed by atoms with Crippen molar-refractivity contribution in [3.63, 3.8) is 0 Å².